The van der Waals surface area contributed by atoms with Crippen LogP contribution in [0.3, 0.4) is 0 Å². The molecule has 0 spiro atoms. The van der Waals surface area contributed by atoms with Gasteiger partial charge in [-0.15, -0.1) is 0 Å². The van der Waals surface area contributed by atoms with Gasteiger partial charge >= 0.3 is 0 Å². The van der Waals surface area contributed by atoms with E-state index in [1.165, 1.54) is 0 Å². The zero-order valence-corrected chi connectivity index (χ0v) is 20.9. The number of hydrogen-bond donors (Lipinski definition) is 2. The summed E-state index contributed by atoms with van der Waals surface area (Å²) in [7, 11) is 0. The Morgan fingerprint density at radius 1 is 0.667 bits per heavy atom. The van der Waals surface area contributed by atoms with Gasteiger partial charge in [0, 0.05) is 16.7 Å². The van der Waals surface area contributed by atoms with Crippen LogP contribution in [0.1, 0.15) is 18.5 Å². The summed E-state index contributed by atoms with van der Waals surface area (Å²) in [4.78, 5) is 22.6. The van der Waals surface area contributed by atoms with Gasteiger partial charge in [-0.25, -0.2) is 24.9 Å². The fourth-order valence-corrected chi connectivity index (χ4v) is 4.79. The van der Waals surface area contributed by atoms with Crippen LogP contribution in [-0.4, -0.2) is 49.9 Å². The van der Waals surface area contributed by atoms with Gasteiger partial charge in [0.1, 0.15) is 12.7 Å². The monoisotopic (exact) mass is 510 g/mol. The van der Waals surface area contributed by atoms with Crippen molar-refractivity contribution < 1.29 is 0 Å². The summed E-state index contributed by atoms with van der Waals surface area (Å²) in [6.07, 6.45) is 6.72. The minimum atomic E-state index is -0.0310. The maximum atomic E-state index is 4.97. The molecule has 2 N–H and O–H groups in total. The first-order valence-electron chi connectivity index (χ1n) is 12.5. The third kappa shape index (κ3) is 4.13. The molecule has 0 aliphatic carbocycles. The Labute approximate surface area is 222 Å². The van der Waals surface area contributed by atoms with Crippen LogP contribution >= 0.6 is 0 Å². The van der Waals surface area contributed by atoms with Gasteiger partial charge in [0.25, 0.3) is 0 Å². The number of nitrogens with zero attached hydrogens (tertiary/aromatic N) is 8. The molecular weight excluding hydrogens is 488 g/mol. The second-order valence-corrected chi connectivity index (χ2v) is 9.12. The maximum Gasteiger partial charge on any atom is 0.197 e. The SMILES string of the molecule is C[C@@H](c1ccccc1-c1ccc(-c2nc[nH]n2)cc1)n1cnc2ncc(-c3ccc(-c4nc[nH]n4)cc3)nc21. The van der Waals surface area contributed by atoms with Crippen LogP contribution in [0.25, 0.3) is 56.5 Å². The van der Waals surface area contributed by atoms with E-state index in [9.17, 15) is 0 Å². The number of H-pyrrole nitrogens is 2. The van der Waals surface area contributed by atoms with E-state index in [1.54, 1.807) is 18.9 Å². The number of imidazole rings is 1. The molecule has 4 aromatic heterocycles. The van der Waals surface area contributed by atoms with Crippen LogP contribution < -0.4 is 0 Å². The molecule has 188 valence electrons. The van der Waals surface area contributed by atoms with E-state index in [0.717, 1.165) is 44.7 Å². The number of benzene rings is 3. The quantitative estimate of drug-likeness (QED) is 0.309. The Kier molecular flexibility index (Phi) is 5.47. The number of fused-ring (bicyclic) bond motifs is 1. The largest absolute Gasteiger partial charge is 0.307 e. The van der Waals surface area contributed by atoms with Crippen molar-refractivity contribution in [1.29, 1.82) is 0 Å². The molecule has 0 fully saturated rings. The standard InChI is InChI=1S/C29H22N10/c1-18(23-4-2-3-5-24(23)19-6-10-21(11-7-19)26-31-15-34-37-26)39-17-33-28-29(39)36-25(14-30-28)20-8-12-22(13-9-20)27-32-16-35-38-27/h2-18H,1H3,(H,31,34,37)(H,32,35,38)/t18-/m0/s1. The first kappa shape index (κ1) is 22.7. The Hall–Kier alpha value is -5.51. The van der Waals surface area contributed by atoms with Crippen LogP contribution in [0, 0.1) is 0 Å². The maximum absolute atomic E-state index is 4.97. The second-order valence-electron chi connectivity index (χ2n) is 9.12. The number of nitrogens with one attached hydrogen (secondary N) is 2. The van der Waals surface area contributed by atoms with E-state index in [2.05, 4.69) is 88.2 Å². The number of hydrogen-bond acceptors (Lipinski definition) is 7. The van der Waals surface area contributed by atoms with Crippen LogP contribution in [0.2, 0.25) is 0 Å². The summed E-state index contributed by atoms with van der Waals surface area (Å²) in [5.41, 5.74) is 8.36. The normalized spacial score (nSPS) is 12.1. The van der Waals surface area contributed by atoms with E-state index < -0.39 is 0 Å². The van der Waals surface area contributed by atoms with Gasteiger partial charge in [0.05, 0.1) is 24.3 Å². The number of aromatic nitrogens is 10. The van der Waals surface area contributed by atoms with Gasteiger partial charge in [-0.05, 0) is 23.6 Å². The van der Waals surface area contributed by atoms with Gasteiger partial charge in [-0.3, -0.25) is 10.2 Å². The Balaban J connectivity index is 1.23. The zero-order valence-electron chi connectivity index (χ0n) is 20.9. The average Bonchev–Trinajstić information content (AvgIpc) is 3.79. The van der Waals surface area contributed by atoms with Crippen molar-refractivity contribution in [3.63, 3.8) is 0 Å². The smallest absolute Gasteiger partial charge is 0.197 e. The summed E-state index contributed by atoms with van der Waals surface area (Å²) >= 11 is 0. The molecule has 0 amide bonds. The molecular formula is C29H22N10. The van der Waals surface area contributed by atoms with Crippen LogP contribution in [-0.2, 0) is 0 Å². The Morgan fingerprint density at radius 2 is 1.28 bits per heavy atom. The minimum absolute atomic E-state index is 0.0310. The predicted molar refractivity (Wildman–Crippen MR) is 147 cm³/mol. The third-order valence-electron chi connectivity index (χ3n) is 6.84. The second kappa shape index (κ2) is 9.42. The highest BCUT2D eigenvalue weighted by Crippen LogP contribution is 2.33. The first-order chi connectivity index (χ1) is 19.2. The molecule has 4 heterocycles. The fraction of sp³-hybridized carbons (Fsp3) is 0.0690. The van der Waals surface area contributed by atoms with Crippen molar-refractivity contribution in [3.8, 4) is 45.2 Å². The Bertz CT molecular complexity index is 1850. The topological polar surface area (TPSA) is 127 Å². The third-order valence-corrected chi connectivity index (χ3v) is 6.84. The molecule has 1 atom stereocenters. The average molecular weight is 511 g/mol. The lowest BCUT2D eigenvalue weighted by molar-refractivity contribution is 0.654. The highest BCUT2D eigenvalue weighted by Gasteiger charge is 2.18. The molecule has 7 aromatic rings. The number of aromatic amines is 2. The van der Waals surface area contributed by atoms with E-state index in [4.69, 9.17) is 4.98 Å². The van der Waals surface area contributed by atoms with Gasteiger partial charge in [0.15, 0.2) is 22.9 Å². The van der Waals surface area contributed by atoms with E-state index in [-0.39, 0.29) is 6.04 Å². The highest BCUT2D eigenvalue weighted by atomic mass is 15.2. The van der Waals surface area contributed by atoms with Crippen LogP contribution in [0.15, 0.2) is 98.0 Å². The summed E-state index contributed by atoms with van der Waals surface area (Å²) < 4.78 is 2.08. The van der Waals surface area contributed by atoms with Crippen molar-refractivity contribution in [3.05, 3.63) is 104 Å². The molecule has 0 unspecified atom stereocenters. The molecule has 0 saturated carbocycles. The lowest BCUT2D eigenvalue weighted by Gasteiger charge is -2.19. The number of rotatable bonds is 6. The molecule has 7 rings (SSSR count). The van der Waals surface area contributed by atoms with Crippen LogP contribution in [0.4, 0.5) is 0 Å². The molecule has 3 aromatic carbocycles. The lowest BCUT2D eigenvalue weighted by atomic mass is 9.95. The van der Waals surface area contributed by atoms with Crippen molar-refractivity contribution in [1.82, 2.24) is 49.9 Å². The molecule has 10 heteroatoms. The molecule has 10 nitrogen and oxygen atoms in total. The van der Waals surface area contributed by atoms with Crippen LogP contribution in [0.5, 0.6) is 0 Å². The van der Waals surface area contributed by atoms with Gasteiger partial charge in [-0.2, -0.15) is 10.2 Å². The summed E-state index contributed by atoms with van der Waals surface area (Å²) in [6.45, 7) is 2.15. The van der Waals surface area contributed by atoms with Crippen molar-refractivity contribution in [2.45, 2.75) is 13.0 Å². The summed E-state index contributed by atoms with van der Waals surface area (Å²) in [5, 5.41) is 13.8. The van der Waals surface area contributed by atoms with Gasteiger partial charge in [0.2, 0.25) is 0 Å². The summed E-state index contributed by atoms with van der Waals surface area (Å²) in [5.74, 6) is 1.33. The molecule has 0 saturated heterocycles. The molecule has 39 heavy (non-hydrogen) atoms. The van der Waals surface area contributed by atoms with Crippen molar-refractivity contribution >= 4 is 11.3 Å². The Morgan fingerprint density at radius 3 is 1.92 bits per heavy atom. The fourth-order valence-electron chi connectivity index (χ4n) is 4.79. The minimum Gasteiger partial charge on any atom is -0.307 e. The molecule has 0 aliphatic heterocycles. The molecule has 0 aliphatic rings. The lowest BCUT2D eigenvalue weighted by Crippen LogP contribution is -2.08. The van der Waals surface area contributed by atoms with E-state index in [1.807, 2.05) is 42.7 Å². The predicted octanol–water partition coefficient (Wildman–Crippen LogP) is 5.34. The first-order valence-corrected chi connectivity index (χ1v) is 12.5. The summed E-state index contributed by atoms with van der Waals surface area (Å²) in [6, 6.07) is 24.6. The highest BCUT2D eigenvalue weighted by molar-refractivity contribution is 5.74. The van der Waals surface area contributed by atoms with Gasteiger partial charge < -0.3 is 4.57 Å². The van der Waals surface area contributed by atoms with Crippen molar-refractivity contribution in [2.75, 3.05) is 0 Å². The molecule has 0 radical (unpaired) electrons. The molecule has 0 bridgehead atoms. The van der Waals surface area contributed by atoms with E-state index >= 15 is 0 Å². The van der Waals surface area contributed by atoms with E-state index in [0.29, 0.717) is 17.3 Å². The van der Waals surface area contributed by atoms with Crippen molar-refractivity contribution in [2.24, 2.45) is 0 Å². The van der Waals surface area contributed by atoms with Gasteiger partial charge in [-0.1, -0.05) is 72.8 Å². The zero-order chi connectivity index (χ0) is 26.2.